The Labute approximate surface area is 79.6 Å². The predicted molar refractivity (Wildman–Crippen MR) is 52.2 cm³/mol. The maximum Gasteiger partial charge on any atom is 0.0890 e. The van der Waals surface area contributed by atoms with E-state index in [1.807, 2.05) is 0 Å². The summed E-state index contributed by atoms with van der Waals surface area (Å²) >= 11 is 0. The number of rotatable bonds is 0. The summed E-state index contributed by atoms with van der Waals surface area (Å²) in [5, 5.41) is 0. The second-order valence-electron chi connectivity index (χ2n) is 5.27. The van der Waals surface area contributed by atoms with Crippen LogP contribution in [0.15, 0.2) is 11.9 Å². The summed E-state index contributed by atoms with van der Waals surface area (Å²) in [4.78, 5) is 2.43. The van der Waals surface area contributed by atoms with Crippen LogP contribution in [0.4, 0.5) is 4.39 Å². The summed E-state index contributed by atoms with van der Waals surface area (Å²) in [6, 6.07) is 0. The first kappa shape index (κ1) is 9.20. The lowest BCUT2D eigenvalue weighted by molar-refractivity contribution is 0.00215. The zero-order valence-corrected chi connectivity index (χ0v) is 8.73. The molecule has 0 aromatic heterocycles. The first-order valence-electron chi connectivity index (χ1n) is 5.07. The van der Waals surface area contributed by atoms with Gasteiger partial charge >= 0.3 is 0 Å². The fourth-order valence-corrected chi connectivity index (χ4v) is 3.15. The lowest BCUT2D eigenvalue weighted by atomic mass is 9.63. The van der Waals surface area contributed by atoms with Crippen molar-refractivity contribution in [1.29, 1.82) is 0 Å². The molecule has 0 amide bonds. The molecule has 2 fully saturated rings. The van der Waals surface area contributed by atoms with Gasteiger partial charge in [0.25, 0.3) is 0 Å². The first-order valence-corrected chi connectivity index (χ1v) is 5.07. The van der Waals surface area contributed by atoms with Gasteiger partial charge in [0.1, 0.15) is 0 Å². The maximum absolute atomic E-state index is 12.7. The molecule has 2 aliphatic heterocycles. The number of fused-ring (bicyclic) bond motifs is 1. The summed E-state index contributed by atoms with van der Waals surface area (Å²) in [5.41, 5.74) is 1.24. The van der Waals surface area contributed by atoms with Gasteiger partial charge in [0, 0.05) is 6.54 Å². The van der Waals surface area contributed by atoms with Crippen LogP contribution in [-0.2, 0) is 0 Å². The van der Waals surface area contributed by atoms with Crippen LogP contribution in [-0.4, -0.2) is 23.5 Å². The van der Waals surface area contributed by atoms with E-state index in [9.17, 15) is 4.39 Å². The van der Waals surface area contributed by atoms with E-state index in [0.29, 0.717) is 0 Å². The molecule has 2 heterocycles. The van der Waals surface area contributed by atoms with E-state index in [0.717, 1.165) is 31.4 Å². The Morgan fingerprint density at radius 2 is 2.15 bits per heavy atom. The highest BCUT2D eigenvalue weighted by Gasteiger charge is 2.58. The van der Waals surface area contributed by atoms with E-state index in [4.69, 9.17) is 0 Å². The van der Waals surface area contributed by atoms with E-state index < -0.39 is 0 Å². The topological polar surface area (TPSA) is 3.24 Å². The minimum absolute atomic E-state index is 0.0573. The van der Waals surface area contributed by atoms with Crippen LogP contribution < -0.4 is 0 Å². The van der Waals surface area contributed by atoms with E-state index in [-0.39, 0.29) is 11.0 Å². The molecule has 1 nitrogen and oxygen atoms in total. The highest BCUT2D eigenvalue weighted by Crippen LogP contribution is 2.54. The Bertz CT molecular complexity index is 251. The molecule has 0 aromatic carbocycles. The summed E-state index contributed by atoms with van der Waals surface area (Å²) in [5.74, 6) is 0. The van der Waals surface area contributed by atoms with Gasteiger partial charge in [-0.3, -0.25) is 4.90 Å². The van der Waals surface area contributed by atoms with Gasteiger partial charge in [0.15, 0.2) is 0 Å². The Kier molecular flexibility index (Phi) is 1.82. The van der Waals surface area contributed by atoms with Crippen LogP contribution in [0.5, 0.6) is 0 Å². The molecule has 0 saturated carbocycles. The molecule has 74 valence electrons. The Balaban J connectivity index is 2.37. The largest absolute Gasteiger partial charge is 0.289 e. The van der Waals surface area contributed by atoms with Crippen LogP contribution >= 0.6 is 0 Å². The van der Waals surface area contributed by atoms with Crippen molar-refractivity contribution >= 4 is 0 Å². The normalized spacial score (nSPS) is 37.7. The molecule has 0 N–H and O–H groups in total. The van der Waals surface area contributed by atoms with E-state index in [1.54, 1.807) is 0 Å². The quantitative estimate of drug-likeness (QED) is 0.558. The highest BCUT2D eigenvalue weighted by molar-refractivity contribution is 5.35. The molecule has 2 saturated heterocycles. The van der Waals surface area contributed by atoms with E-state index in [2.05, 4.69) is 25.7 Å². The van der Waals surface area contributed by atoms with Gasteiger partial charge in [-0.25, -0.2) is 4.39 Å². The minimum Gasteiger partial charge on any atom is -0.289 e. The first-order chi connectivity index (χ1) is 6.02. The van der Waals surface area contributed by atoms with Crippen LogP contribution in [0.1, 0.15) is 33.6 Å². The number of halogens is 1. The number of hydrogen-bond acceptors (Lipinski definition) is 1. The summed E-state index contributed by atoms with van der Waals surface area (Å²) in [6.45, 7) is 8.65. The van der Waals surface area contributed by atoms with Gasteiger partial charge in [0.05, 0.1) is 11.9 Å². The fourth-order valence-electron chi connectivity index (χ4n) is 3.15. The molecule has 0 aromatic rings. The van der Waals surface area contributed by atoms with Gasteiger partial charge in [-0.1, -0.05) is 20.8 Å². The minimum atomic E-state index is 0.0573. The molecule has 0 bridgehead atoms. The van der Waals surface area contributed by atoms with Crippen LogP contribution in [0.3, 0.4) is 0 Å². The molecule has 2 heteroatoms. The maximum atomic E-state index is 12.7. The Morgan fingerprint density at radius 3 is 2.62 bits per heavy atom. The molecular formula is C11H18FN. The van der Waals surface area contributed by atoms with Crippen LogP contribution in [0, 0.1) is 5.41 Å². The van der Waals surface area contributed by atoms with Crippen molar-refractivity contribution in [3.63, 3.8) is 0 Å². The zero-order valence-electron chi connectivity index (χ0n) is 8.73. The average Bonchev–Trinajstić information content (AvgIpc) is 2.29. The van der Waals surface area contributed by atoms with Gasteiger partial charge in [-0.15, -0.1) is 0 Å². The fraction of sp³-hybridized carbons (Fsp3) is 0.818. The van der Waals surface area contributed by atoms with Gasteiger partial charge < -0.3 is 0 Å². The average molecular weight is 183 g/mol. The standard InChI is InChI=1S/C11H18FN/c1-10(2,3)11-5-4-6-13(11)8-9(11)7-12/h7H,4-6,8H2,1-3H3/b9-7+. The smallest absolute Gasteiger partial charge is 0.0890 e. The third-order valence-electron chi connectivity index (χ3n) is 3.77. The molecule has 0 radical (unpaired) electrons. The van der Waals surface area contributed by atoms with Gasteiger partial charge in [-0.2, -0.15) is 0 Å². The van der Waals surface area contributed by atoms with Crippen molar-refractivity contribution in [2.45, 2.75) is 39.2 Å². The molecule has 1 atom stereocenters. The lowest BCUT2D eigenvalue weighted by Crippen LogP contribution is -2.64. The van der Waals surface area contributed by atoms with Crippen molar-refractivity contribution in [1.82, 2.24) is 4.90 Å². The molecule has 0 spiro atoms. The number of nitrogens with zero attached hydrogens (tertiary/aromatic N) is 1. The molecular weight excluding hydrogens is 165 g/mol. The van der Waals surface area contributed by atoms with Crippen molar-refractivity contribution in [3.05, 3.63) is 11.9 Å². The zero-order chi connectivity index (χ0) is 9.69. The SMILES string of the molecule is CC(C)(C)C12CCCN1C/C2=C\F. The highest BCUT2D eigenvalue weighted by atomic mass is 19.1. The molecule has 2 rings (SSSR count). The van der Waals surface area contributed by atoms with E-state index >= 15 is 0 Å². The van der Waals surface area contributed by atoms with Gasteiger partial charge in [-0.05, 0) is 30.4 Å². The van der Waals surface area contributed by atoms with Crippen LogP contribution in [0.25, 0.3) is 0 Å². The number of hydrogen-bond donors (Lipinski definition) is 0. The third kappa shape index (κ3) is 0.954. The summed E-state index contributed by atoms with van der Waals surface area (Å²) in [7, 11) is 0. The Morgan fingerprint density at radius 1 is 1.46 bits per heavy atom. The molecule has 13 heavy (non-hydrogen) atoms. The van der Waals surface area contributed by atoms with E-state index in [1.165, 1.54) is 6.42 Å². The van der Waals surface area contributed by atoms with Crippen LogP contribution in [0.2, 0.25) is 0 Å². The van der Waals surface area contributed by atoms with Crippen molar-refractivity contribution in [2.24, 2.45) is 5.41 Å². The third-order valence-corrected chi connectivity index (χ3v) is 3.77. The van der Waals surface area contributed by atoms with Crippen molar-refractivity contribution < 1.29 is 4.39 Å². The van der Waals surface area contributed by atoms with Crippen molar-refractivity contribution in [2.75, 3.05) is 13.1 Å². The second-order valence-corrected chi connectivity index (χ2v) is 5.27. The molecule has 2 aliphatic rings. The molecule has 1 unspecified atom stereocenters. The predicted octanol–water partition coefficient (Wildman–Crippen LogP) is 2.73. The Hall–Kier alpha value is -0.370. The van der Waals surface area contributed by atoms with Gasteiger partial charge in [0.2, 0.25) is 0 Å². The summed E-state index contributed by atoms with van der Waals surface area (Å²) in [6.07, 6.45) is 3.19. The van der Waals surface area contributed by atoms with Crippen molar-refractivity contribution in [3.8, 4) is 0 Å². The molecule has 0 aliphatic carbocycles. The second kappa shape index (κ2) is 2.57. The monoisotopic (exact) mass is 183 g/mol. The lowest BCUT2D eigenvalue weighted by Gasteiger charge is -2.58. The summed E-state index contributed by atoms with van der Waals surface area (Å²) < 4.78 is 12.7.